The van der Waals surface area contributed by atoms with Gasteiger partial charge in [0.15, 0.2) is 0 Å². The lowest BCUT2D eigenvalue weighted by atomic mass is 10.3. The highest BCUT2D eigenvalue weighted by Gasteiger charge is 2.40. The van der Waals surface area contributed by atoms with E-state index in [9.17, 15) is 18.0 Å². The van der Waals surface area contributed by atoms with Crippen molar-refractivity contribution in [2.45, 2.75) is 6.18 Å². The van der Waals surface area contributed by atoms with Crippen LogP contribution < -0.4 is 4.74 Å². The predicted molar refractivity (Wildman–Crippen MR) is 87.6 cm³/mol. The molecule has 0 saturated heterocycles. The van der Waals surface area contributed by atoms with Crippen molar-refractivity contribution in [2.75, 3.05) is 0 Å². The maximum absolute atomic E-state index is 13.3. The molecule has 2 aromatic carbocycles. The number of nitrogens with zero attached hydrogens (tertiary/aromatic N) is 2. The molecule has 10 heteroatoms. The van der Waals surface area contributed by atoms with Crippen LogP contribution in [0.2, 0.25) is 15.1 Å². The molecule has 0 aliphatic heterocycles. The van der Waals surface area contributed by atoms with Crippen LogP contribution in [0.4, 0.5) is 18.0 Å². The zero-order valence-electron chi connectivity index (χ0n) is 11.9. The Morgan fingerprint density at radius 3 is 2.32 bits per heavy atom. The van der Waals surface area contributed by atoms with Gasteiger partial charge in [0.1, 0.15) is 11.3 Å². The van der Waals surface area contributed by atoms with Gasteiger partial charge in [-0.25, -0.2) is 14.3 Å². The van der Waals surface area contributed by atoms with Gasteiger partial charge in [-0.2, -0.15) is 13.2 Å². The number of imidazole rings is 1. The van der Waals surface area contributed by atoms with Crippen LogP contribution in [0.25, 0.3) is 11.0 Å². The first-order valence-electron chi connectivity index (χ1n) is 6.60. The number of hydrogen-bond acceptors (Lipinski definition) is 3. The molecular formula is C15H6Cl3F3N2O2. The van der Waals surface area contributed by atoms with Crippen LogP contribution in [0.1, 0.15) is 5.82 Å². The molecule has 0 atom stereocenters. The summed E-state index contributed by atoms with van der Waals surface area (Å²) in [7, 11) is 0. The molecule has 0 amide bonds. The normalized spacial score (nSPS) is 11.8. The summed E-state index contributed by atoms with van der Waals surface area (Å²) in [5, 5.41) is -0.576. The van der Waals surface area contributed by atoms with E-state index >= 15 is 0 Å². The molecule has 4 nitrogen and oxygen atoms in total. The zero-order chi connectivity index (χ0) is 18.4. The second-order valence-electron chi connectivity index (χ2n) is 4.80. The van der Waals surface area contributed by atoms with E-state index in [1.54, 1.807) is 18.2 Å². The van der Waals surface area contributed by atoms with Crippen LogP contribution in [0.15, 0.2) is 36.4 Å². The van der Waals surface area contributed by atoms with Crippen molar-refractivity contribution in [3.8, 4) is 5.75 Å². The van der Waals surface area contributed by atoms with Crippen molar-refractivity contribution >= 4 is 51.9 Å². The minimum atomic E-state index is -4.93. The third kappa shape index (κ3) is 3.27. The zero-order valence-corrected chi connectivity index (χ0v) is 14.2. The topological polar surface area (TPSA) is 44.1 Å². The summed E-state index contributed by atoms with van der Waals surface area (Å²) in [5.74, 6) is -1.43. The number of fused-ring (bicyclic) bond motifs is 1. The summed E-state index contributed by atoms with van der Waals surface area (Å²) in [6.07, 6.45) is -6.24. The molecular weight excluding hydrogens is 404 g/mol. The Bertz CT molecular complexity index is 972. The highest BCUT2D eigenvalue weighted by Crippen LogP contribution is 2.39. The fourth-order valence-electron chi connectivity index (χ4n) is 2.13. The van der Waals surface area contributed by atoms with Crippen LogP contribution in [0.5, 0.6) is 5.75 Å². The highest BCUT2D eigenvalue weighted by molar-refractivity contribution is 6.50. The van der Waals surface area contributed by atoms with E-state index in [0.29, 0.717) is 0 Å². The van der Waals surface area contributed by atoms with Gasteiger partial charge in [0, 0.05) is 0 Å². The lowest BCUT2D eigenvalue weighted by Gasteiger charge is -2.10. The number of benzene rings is 2. The number of alkyl halides is 3. The fourth-order valence-corrected chi connectivity index (χ4v) is 2.76. The molecule has 0 saturated carbocycles. The van der Waals surface area contributed by atoms with Crippen LogP contribution >= 0.6 is 34.8 Å². The van der Waals surface area contributed by atoms with Crippen molar-refractivity contribution in [1.29, 1.82) is 0 Å². The number of rotatable bonds is 1. The molecule has 0 N–H and O–H groups in total. The van der Waals surface area contributed by atoms with E-state index < -0.39 is 18.1 Å². The van der Waals surface area contributed by atoms with E-state index in [-0.39, 0.29) is 36.4 Å². The Balaban J connectivity index is 2.23. The first kappa shape index (κ1) is 17.8. The number of carbonyl (C=O) groups excluding carboxylic acids is 1. The average molecular weight is 410 g/mol. The molecule has 3 rings (SSSR count). The number of ether oxygens (including phenoxy) is 1. The molecule has 0 aliphatic rings. The summed E-state index contributed by atoms with van der Waals surface area (Å²) in [6, 6.07) is 8.69. The molecule has 0 unspecified atom stereocenters. The third-order valence-electron chi connectivity index (χ3n) is 3.17. The quantitative estimate of drug-likeness (QED) is 0.459. The van der Waals surface area contributed by atoms with Crippen LogP contribution in [0.3, 0.4) is 0 Å². The maximum atomic E-state index is 13.3. The number of carbonyl (C=O) groups is 1. The predicted octanol–water partition coefficient (Wildman–Crippen LogP) is 6.06. The van der Waals surface area contributed by atoms with E-state index in [4.69, 9.17) is 39.5 Å². The number of hydrogen-bond donors (Lipinski definition) is 0. The van der Waals surface area contributed by atoms with Gasteiger partial charge in [-0.05, 0) is 18.2 Å². The number of aromatic nitrogens is 2. The van der Waals surface area contributed by atoms with Gasteiger partial charge in [-0.1, -0.05) is 53.0 Å². The molecule has 0 bridgehead atoms. The monoisotopic (exact) mass is 408 g/mol. The van der Waals surface area contributed by atoms with Gasteiger partial charge in [-0.15, -0.1) is 0 Å². The minimum absolute atomic E-state index is 0.0635. The smallest absolute Gasteiger partial charge is 0.410 e. The van der Waals surface area contributed by atoms with Crippen LogP contribution in [-0.2, 0) is 6.18 Å². The molecule has 0 fully saturated rings. The van der Waals surface area contributed by atoms with Gasteiger partial charge >= 0.3 is 12.3 Å². The lowest BCUT2D eigenvalue weighted by Crippen LogP contribution is -2.24. The highest BCUT2D eigenvalue weighted by atomic mass is 35.5. The van der Waals surface area contributed by atoms with Gasteiger partial charge in [0.05, 0.1) is 20.6 Å². The number of halogens is 6. The van der Waals surface area contributed by atoms with Crippen molar-refractivity contribution in [3.05, 3.63) is 57.3 Å². The van der Waals surface area contributed by atoms with Crippen molar-refractivity contribution in [2.24, 2.45) is 0 Å². The summed E-state index contributed by atoms with van der Waals surface area (Å²) < 4.78 is 45.2. The fraction of sp³-hybridized carbons (Fsp3) is 0.0667. The van der Waals surface area contributed by atoms with Crippen molar-refractivity contribution in [3.63, 3.8) is 0 Å². The Morgan fingerprint density at radius 2 is 1.72 bits per heavy atom. The molecule has 3 aromatic rings. The Hall–Kier alpha value is -1.96. The van der Waals surface area contributed by atoms with E-state index in [2.05, 4.69) is 4.98 Å². The molecule has 0 radical (unpaired) electrons. The van der Waals surface area contributed by atoms with E-state index in [1.807, 2.05) is 0 Å². The summed E-state index contributed by atoms with van der Waals surface area (Å²) in [5.41, 5.74) is -0.582. The van der Waals surface area contributed by atoms with Crippen molar-refractivity contribution < 1.29 is 22.7 Å². The maximum Gasteiger partial charge on any atom is 0.450 e. The van der Waals surface area contributed by atoms with Crippen molar-refractivity contribution in [1.82, 2.24) is 9.55 Å². The third-order valence-corrected chi connectivity index (χ3v) is 4.42. The van der Waals surface area contributed by atoms with Crippen LogP contribution in [0, 0.1) is 0 Å². The van der Waals surface area contributed by atoms with E-state index in [0.717, 1.165) is 6.07 Å². The largest absolute Gasteiger partial charge is 0.450 e. The molecule has 0 spiro atoms. The summed E-state index contributed by atoms with van der Waals surface area (Å²) in [6.45, 7) is 0. The second-order valence-corrected chi connectivity index (χ2v) is 5.97. The first-order valence-corrected chi connectivity index (χ1v) is 7.74. The Morgan fingerprint density at radius 1 is 1.08 bits per heavy atom. The van der Waals surface area contributed by atoms with E-state index in [1.165, 1.54) is 12.1 Å². The molecule has 0 aliphatic carbocycles. The van der Waals surface area contributed by atoms with Gasteiger partial charge in [0.25, 0.3) is 0 Å². The van der Waals surface area contributed by atoms with Crippen LogP contribution in [-0.4, -0.2) is 15.6 Å². The van der Waals surface area contributed by atoms with Gasteiger partial charge in [0.2, 0.25) is 5.82 Å². The lowest BCUT2D eigenvalue weighted by molar-refractivity contribution is -0.145. The summed E-state index contributed by atoms with van der Waals surface area (Å²) >= 11 is 17.6. The van der Waals surface area contributed by atoms with Gasteiger partial charge in [-0.3, -0.25) is 0 Å². The SMILES string of the molecule is O=C(Oc1ccccc1)n1c(C(F)(F)F)nc2c(Cl)c(Cl)c(Cl)cc21. The summed E-state index contributed by atoms with van der Waals surface area (Å²) in [4.78, 5) is 15.8. The average Bonchev–Trinajstić information content (AvgIpc) is 2.93. The minimum Gasteiger partial charge on any atom is -0.410 e. The molecule has 1 aromatic heterocycles. The second kappa shape index (κ2) is 6.40. The standard InChI is InChI=1S/C15H6Cl3F3N2O2/c16-8-6-9-12(11(18)10(8)17)22-13(15(19,20)21)23(9)14(24)25-7-4-2-1-3-5-7/h1-6H. The Labute approximate surface area is 153 Å². The first-order chi connectivity index (χ1) is 11.7. The Kier molecular flexibility index (Phi) is 4.57. The molecule has 25 heavy (non-hydrogen) atoms. The molecule has 130 valence electrons. The number of para-hydroxylation sites is 1. The van der Waals surface area contributed by atoms with Gasteiger partial charge < -0.3 is 4.74 Å². The molecule has 1 heterocycles.